The van der Waals surface area contributed by atoms with Crippen LogP contribution >= 0.6 is 0 Å². The van der Waals surface area contributed by atoms with Crippen LogP contribution in [0.4, 0.5) is 0 Å². The third-order valence-electron chi connectivity index (χ3n) is 14.9. The van der Waals surface area contributed by atoms with Crippen LogP contribution in [-0.2, 0) is 28.6 Å². The molecular weight excluding hydrogens is 973 g/mol. The zero-order valence-electron chi connectivity index (χ0n) is 52.4. The Hall–Kier alpha value is -3.41. The van der Waals surface area contributed by atoms with Gasteiger partial charge in [-0.05, 0) is 89.9 Å². The fourth-order valence-corrected chi connectivity index (χ4v) is 9.80. The highest BCUT2D eigenvalue weighted by molar-refractivity contribution is 5.71. The van der Waals surface area contributed by atoms with Gasteiger partial charge in [0.2, 0.25) is 0 Å². The maximum Gasteiger partial charge on any atom is 0.306 e. The van der Waals surface area contributed by atoms with Gasteiger partial charge in [0.1, 0.15) is 13.2 Å². The molecule has 6 nitrogen and oxygen atoms in total. The molecule has 0 amide bonds. The number of esters is 3. The summed E-state index contributed by atoms with van der Waals surface area (Å²) >= 11 is 0. The van der Waals surface area contributed by atoms with Gasteiger partial charge in [-0.1, -0.05) is 318 Å². The van der Waals surface area contributed by atoms with Gasteiger partial charge < -0.3 is 14.2 Å². The van der Waals surface area contributed by atoms with Crippen molar-refractivity contribution in [1.82, 2.24) is 0 Å². The van der Waals surface area contributed by atoms with Crippen molar-refractivity contribution in [2.75, 3.05) is 13.2 Å². The van der Waals surface area contributed by atoms with Gasteiger partial charge in [0.25, 0.3) is 0 Å². The van der Waals surface area contributed by atoms with Crippen molar-refractivity contribution in [3.05, 3.63) is 85.1 Å². The molecule has 456 valence electrons. The van der Waals surface area contributed by atoms with Crippen LogP contribution in [0.5, 0.6) is 0 Å². The Kier molecular flexibility index (Phi) is 64.2. The van der Waals surface area contributed by atoms with Crippen LogP contribution in [-0.4, -0.2) is 37.2 Å². The third kappa shape index (κ3) is 65.3. The van der Waals surface area contributed by atoms with E-state index < -0.39 is 6.10 Å². The van der Waals surface area contributed by atoms with Crippen LogP contribution in [0, 0.1) is 0 Å². The lowest BCUT2D eigenvalue weighted by molar-refractivity contribution is -0.167. The van der Waals surface area contributed by atoms with Crippen molar-refractivity contribution < 1.29 is 28.6 Å². The Morgan fingerprint density at radius 2 is 0.519 bits per heavy atom. The van der Waals surface area contributed by atoms with Crippen molar-refractivity contribution in [2.24, 2.45) is 0 Å². The molecule has 1 unspecified atom stereocenters. The summed E-state index contributed by atoms with van der Waals surface area (Å²) in [6, 6.07) is 0. The van der Waals surface area contributed by atoms with E-state index in [4.69, 9.17) is 14.2 Å². The maximum absolute atomic E-state index is 12.9. The maximum atomic E-state index is 12.9. The van der Waals surface area contributed by atoms with Gasteiger partial charge in [0.15, 0.2) is 6.10 Å². The molecule has 0 saturated carbocycles. The van der Waals surface area contributed by atoms with Gasteiger partial charge in [-0.2, -0.15) is 0 Å². The number of hydrogen-bond donors (Lipinski definition) is 0. The fourth-order valence-electron chi connectivity index (χ4n) is 9.80. The summed E-state index contributed by atoms with van der Waals surface area (Å²) in [5.74, 6) is -0.879. The minimum atomic E-state index is -0.783. The lowest BCUT2D eigenvalue weighted by Crippen LogP contribution is -2.30. The van der Waals surface area contributed by atoms with Crippen molar-refractivity contribution in [2.45, 2.75) is 348 Å². The van der Waals surface area contributed by atoms with E-state index in [1.807, 2.05) is 0 Å². The molecule has 0 aliphatic heterocycles. The van der Waals surface area contributed by atoms with E-state index in [2.05, 4.69) is 106 Å². The van der Waals surface area contributed by atoms with E-state index in [0.29, 0.717) is 19.3 Å². The molecule has 1 atom stereocenters. The highest BCUT2D eigenvalue weighted by Gasteiger charge is 2.19. The molecule has 0 aromatic carbocycles. The van der Waals surface area contributed by atoms with E-state index in [1.54, 1.807) is 0 Å². The number of unbranched alkanes of at least 4 members (excludes halogenated alkanes) is 37. The largest absolute Gasteiger partial charge is 0.462 e. The lowest BCUT2D eigenvalue weighted by Gasteiger charge is -2.18. The van der Waals surface area contributed by atoms with Crippen LogP contribution in [0.3, 0.4) is 0 Å². The van der Waals surface area contributed by atoms with Crippen molar-refractivity contribution >= 4 is 17.9 Å². The first-order chi connectivity index (χ1) is 39.0. The summed E-state index contributed by atoms with van der Waals surface area (Å²) in [4.78, 5) is 38.4. The number of ether oxygens (including phenoxy) is 3. The van der Waals surface area contributed by atoms with E-state index in [9.17, 15) is 14.4 Å². The van der Waals surface area contributed by atoms with Gasteiger partial charge in [0, 0.05) is 19.3 Å². The fraction of sp³-hybridized carbons (Fsp3) is 0.767. The topological polar surface area (TPSA) is 78.9 Å². The van der Waals surface area contributed by atoms with Crippen LogP contribution in [0.2, 0.25) is 0 Å². The quantitative estimate of drug-likeness (QED) is 0.0261. The summed E-state index contributed by atoms with van der Waals surface area (Å²) in [6.45, 7) is 6.50. The standard InChI is InChI=1S/C73H128O6/c1-4-7-10-13-16-19-22-25-27-29-31-33-34-35-36-37-38-40-41-43-45-48-51-54-57-60-63-66-72(75)78-69-70(68-77-71(74)65-62-59-56-53-50-47-24-21-18-15-12-9-6-3)79-73(76)67-64-61-58-55-52-49-46-44-42-39-32-30-28-26-23-20-17-14-11-8-5-2/h7,10,12,15-16,19,21,24-25,27,31,33,35-36,70H,4-6,8-9,11,13-14,17-18,20,22-23,26,28-30,32,34,37-69H2,1-3H3/b10-7-,15-12-,19-16-,24-21-,27-25-,33-31-,36-35-. The van der Waals surface area contributed by atoms with Gasteiger partial charge in [-0.25, -0.2) is 0 Å². The number of carbonyl (C=O) groups excluding carboxylic acids is 3. The average Bonchev–Trinajstić information content (AvgIpc) is 3.45. The molecule has 0 fully saturated rings. The monoisotopic (exact) mass is 1100 g/mol. The molecule has 0 rings (SSSR count). The van der Waals surface area contributed by atoms with E-state index >= 15 is 0 Å². The second-order valence-electron chi connectivity index (χ2n) is 22.7. The molecule has 0 aliphatic carbocycles. The SMILES string of the molecule is CC/C=C\C/C=C\C/C=C\C/C=C\C/C=C\CCCCCCCCCCCCCC(=O)OCC(COC(=O)CCCCCCC/C=C\C/C=C\CCC)OC(=O)CCCCCCCCCCCCCCCCCCCCCCC. The first-order valence-corrected chi connectivity index (χ1v) is 34.1. The summed E-state index contributed by atoms with van der Waals surface area (Å²) in [5.41, 5.74) is 0. The highest BCUT2D eigenvalue weighted by Crippen LogP contribution is 2.18. The first-order valence-electron chi connectivity index (χ1n) is 34.1. The Bertz CT molecular complexity index is 1500. The van der Waals surface area contributed by atoms with E-state index in [1.165, 1.54) is 186 Å². The molecule has 0 aromatic heterocycles. The molecule has 0 aromatic rings. The Balaban J connectivity index is 4.28. The number of allylic oxidation sites excluding steroid dienone is 14. The van der Waals surface area contributed by atoms with Gasteiger partial charge in [-0.3, -0.25) is 14.4 Å². The molecule has 6 heteroatoms. The third-order valence-corrected chi connectivity index (χ3v) is 14.9. The van der Waals surface area contributed by atoms with Crippen molar-refractivity contribution in [3.63, 3.8) is 0 Å². The van der Waals surface area contributed by atoms with Crippen LogP contribution in [0.25, 0.3) is 0 Å². The zero-order valence-corrected chi connectivity index (χ0v) is 52.4. The van der Waals surface area contributed by atoms with Crippen molar-refractivity contribution in [1.29, 1.82) is 0 Å². The molecule has 79 heavy (non-hydrogen) atoms. The summed E-state index contributed by atoms with van der Waals surface area (Å²) in [7, 11) is 0. The van der Waals surface area contributed by atoms with Gasteiger partial charge >= 0.3 is 17.9 Å². The first kappa shape index (κ1) is 75.6. The normalized spacial score (nSPS) is 12.6. The molecule has 0 heterocycles. The molecular formula is C73H128O6. The Morgan fingerprint density at radius 3 is 0.823 bits per heavy atom. The molecule has 0 radical (unpaired) electrons. The number of rotatable bonds is 62. The van der Waals surface area contributed by atoms with Crippen LogP contribution < -0.4 is 0 Å². The predicted molar refractivity (Wildman–Crippen MR) is 344 cm³/mol. The van der Waals surface area contributed by atoms with E-state index in [-0.39, 0.29) is 31.1 Å². The highest BCUT2D eigenvalue weighted by atomic mass is 16.6. The second-order valence-corrected chi connectivity index (χ2v) is 22.7. The summed E-state index contributed by atoms with van der Waals surface area (Å²) < 4.78 is 17.0. The van der Waals surface area contributed by atoms with Gasteiger partial charge in [-0.15, -0.1) is 0 Å². The van der Waals surface area contributed by atoms with Crippen LogP contribution in [0.1, 0.15) is 342 Å². The minimum absolute atomic E-state index is 0.0793. The van der Waals surface area contributed by atoms with E-state index in [0.717, 1.165) is 116 Å². The smallest absolute Gasteiger partial charge is 0.306 e. The average molecular weight is 1100 g/mol. The second kappa shape index (κ2) is 67.1. The Labute approximate surface area is 490 Å². The summed E-state index contributed by atoms with van der Waals surface area (Å²) in [6.07, 6.45) is 88.9. The lowest BCUT2D eigenvalue weighted by atomic mass is 10.0. The minimum Gasteiger partial charge on any atom is -0.462 e. The summed E-state index contributed by atoms with van der Waals surface area (Å²) in [5, 5.41) is 0. The molecule has 0 saturated heterocycles. The molecule has 0 aliphatic rings. The van der Waals surface area contributed by atoms with Crippen LogP contribution in [0.15, 0.2) is 85.1 Å². The van der Waals surface area contributed by atoms with Gasteiger partial charge in [0.05, 0.1) is 0 Å². The zero-order chi connectivity index (χ0) is 57.1. The Morgan fingerprint density at radius 1 is 0.266 bits per heavy atom. The number of hydrogen-bond acceptors (Lipinski definition) is 6. The molecule has 0 spiro atoms. The molecule has 0 bridgehead atoms. The predicted octanol–water partition coefficient (Wildman–Crippen LogP) is 23.4. The van der Waals surface area contributed by atoms with Crippen molar-refractivity contribution in [3.8, 4) is 0 Å². The number of carbonyl (C=O) groups is 3. The molecule has 0 N–H and O–H groups in total.